The Morgan fingerprint density at radius 3 is 2.71 bits per heavy atom. The van der Waals surface area contributed by atoms with E-state index in [0.29, 0.717) is 0 Å². The van der Waals surface area contributed by atoms with E-state index >= 15 is 0 Å². The van der Waals surface area contributed by atoms with Crippen LogP contribution in [0.4, 0.5) is 11.6 Å². The molecule has 1 aliphatic heterocycles. The van der Waals surface area contributed by atoms with Gasteiger partial charge in [0.25, 0.3) is 0 Å². The van der Waals surface area contributed by atoms with Crippen LogP contribution in [0.5, 0.6) is 0 Å². The summed E-state index contributed by atoms with van der Waals surface area (Å²) in [6.07, 6.45) is 1.79. The lowest BCUT2D eigenvalue weighted by atomic mass is 10.2. The van der Waals surface area contributed by atoms with Gasteiger partial charge in [-0.05, 0) is 23.6 Å². The van der Waals surface area contributed by atoms with Crippen LogP contribution in [0, 0.1) is 0 Å². The quantitative estimate of drug-likeness (QED) is 0.389. The molecule has 1 aliphatic rings. The van der Waals surface area contributed by atoms with Gasteiger partial charge in [-0.3, -0.25) is 4.90 Å². The number of nitrogens with one attached hydrogen (secondary N) is 2. The molecule has 0 aliphatic carbocycles. The van der Waals surface area contributed by atoms with Gasteiger partial charge in [0.1, 0.15) is 22.3 Å². The summed E-state index contributed by atoms with van der Waals surface area (Å²) in [7, 11) is 0. The Hall–Kier alpha value is -2.59. The maximum absolute atomic E-state index is 5.47. The highest BCUT2D eigenvalue weighted by Gasteiger charge is 2.18. The summed E-state index contributed by atoms with van der Waals surface area (Å²) in [5.74, 6) is 2.63. The normalized spacial score (nSPS) is 14.7. The zero-order valence-corrected chi connectivity index (χ0v) is 18.7. The van der Waals surface area contributed by atoms with Crippen LogP contribution in [0.15, 0.2) is 47.3 Å². The number of morpholine rings is 1. The van der Waals surface area contributed by atoms with E-state index in [4.69, 9.17) is 14.7 Å². The van der Waals surface area contributed by atoms with E-state index in [-0.39, 0.29) is 0 Å². The summed E-state index contributed by atoms with van der Waals surface area (Å²) in [6, 6.07) is 10.1. The summed E-state index contributed by atoms with van der Waals surface area (Å²) < 4.78 is 5.47. The zero-order valence-electron chi connectivity index (χ0n) is 17.1. The van der Waals surface area contributed by atoms with Crippen LogP contribution in [-0.4, -0.2) is 59.2 Å². The molecule has 2 N–H and O–H groups in total. The van der Waals surface area contributed by atoms with Gasteiger partial charge in [-0.2, -0.15) is 0 Å². The van der Waals surface area contributed by atoms with Gasteiger partial charge in [0.05, 0.1) is 25.1 Å². The summed E-state index contributed by atoms with van der Waals surface area (Å²) in [4.78, 5) is 18.8. The molecule has 4 aromatic rings. The number of hydrogen-bond donors (Lipinski definition) is 2. The van der Waals surface area contributed by atoms with Gasteiger partial charge >= 0.3 is 0 Å². The average Bonchev–Trinajstić information content (AvgIpc) is 3.48. The molecule has 5 rings (SSSR count). The second kappa shape index (κ2) is 9.69. The molecule has 0 atom stereocenters. The van der Waals surface area contributed by atoms with E-state index in [1.807, 2.05) is 18.2 Å². The number of nitrogens with zero attached hydrogens (tertiary/aromatic N) is 4. The number of fused-ring (bicyclic) bond motifs is 1. The largest absolute Gasteiger partial charge is 0.379 e. The van der Waals surface area contributed by atoms with Crippen LogP contribution in [-0.2, 0) is 11.3 Å². The number of hydrogen-bond acceptors (Lipinski definition) is 9. The Morgan fingerprint density at radius 1 is 1.00 bits per heavy atom. The summed E-state index contributed by atoms with van der Waals surface area (Å²) in [5, 5.41) is 12.3. The Labute approximate surface area is 189 Å². The molecule has 0 radical (unpaired) electrons. The zero-order chi connectivity index (χ0) is 20.9. The molecule has 0 spiro atoms. The maximum atomic E-state index is 5.47. The predicted molar refractivity (Wildman–Crippen MR) is 128 cm³/mol. The number of ether oxygens (including phenoxy) is 1. The average molecular weight is 453 g/mol. The SMILES string of the molecule is c1ccc(NCCNc2nc(CN3CCOCC3)nc3scc(-c4cccs4)c23)nc1. The Kier molecular flexibility index (Phi) is 6.35. The van der Waals surface area contributed by atoms with Crippen LogP contribution < -0.4 is 10.6 Å². The van der Waals surface area contributed by atoms with Crippen molar-refractivity contribution in [2.24, 2.45) is 0 Å². The van der Waals surface area contributed by atoms with Gasteiger partial charge in [0.15, 0.2) is 0 Å². The van der Waals surface area contributed by atoms with Gasteiger partial charge in [-0.25, -0.2) is 15.0 Å². The third-order valence-electron chi connectivity index (χ3n) is 5.12. The van der Waals surface area contributed by atoms with Gasteiger partial charge < -0.3 is 15.4 Å². The van der Waals surface area contributed by atoms with Crippen molar-refractivity contribution < 1.29 is 4.74 Å². The Balaban J connectivity index is 1.38. The molecule has 31 heavy (non-hydrogen) atoms. The summed E-state index contributed by atoms with van der Waals surface area (Å²) in [5.41, 5.74) is 1.20. The van der Waals surface area contributed by atoms with E-state index in [2.05, 4.69) is 43.4 Å². The Bertz CT molecular complexity index is 1110. The van der Waals surface area contributed by atoms with E-state index in [9.17, 15) is 0 Å². The molecule has 7 nitrogen and oxygen atoms in total. The molecule has 0 unspecified atom stereocenters. The van der Waals surface area contributed by atoms with Crippen molar-refractivity contribution in [3.63, 3.8) is 0 Å². The predicted octanol–water partition coefficient (Wildman–Crippen LogP) is 4.17. The molecule has 0 bridgehead atoms. The molecular formula is C22H24N6OS2. The third-order valence-corrected chi connectivity index (χ3v) is 6.90. The fraction of sp³-hybridized carbons (Fsp3) is 0.318. The smallest absolute Gasteiger partial charge is 0.146 e. The van der Waals surface area contributed by atoms with Crippen LogP contribution >= 0.6 is 22.7 Å². The van der Waals surface area contributed by atoms with E-state index in [0.717, 1.165) is 73.6 Å². The van der Waals surface area contributed by atoms with Crippen molar-refractivity contribution in [1.82, 2.24) is 19.9 Å². The van der Waals surface area contributed by atoms with E-state index < -0.39 is 0 Å². The van der Waals surface area contributed by atoms with Gasteiger partial charge in [-0.1, -0.05) is 12.1 Å². The van der Waals surface area contributed by atoms with Crippen LogP contribution in [0.2, 0.25) is 0 Å². The molecule has 9 heteroatoms. The molecule has 0 saturated carbocycles. The van der Waals surface area contributed by atoms with Crippen LogP contribution in [0.1, 0.15) is 5.82 Å². The first-order chi connectivity index (χ1) is 15.4. The molecule has 0 amide bonds. The number of aromatic nitrogens is 3. The maximum Gasteiger partial charge on any atom is 0.146 e. The fourth-order valence-electron chi connectivity index (χ4n) is 3.60. The second-order valence-electron chi connectivity index (χ2n) is 7.25. The molecule has 5 heterocycles. The lowest BCUT2D eigenvalue weighted by Gasteiger charge is -2.25. The van der Waals surface area contributed by atoms with Crippen molar-refractivity contribution in [2.45, 2.75) is 6.54 Å². The minimum absolute atomic E-state index is 0.736. The van der Waals surface area contributed by atoms with Crippen molar-refractivity contribution >= 4 is 44.5 Å². The van der Waals surface area contributed by atoms with Crippen molar-refractivity contribution in [3.8, 4) is 10.4 Å². The van der Waals surface area contributed by atoms with Gasteiger partial charge in [0.2, 0.25) is 0 Å². The number of thiophene rings is 2. The molecule has 4 aromatic heterocycles. The molecule has 160 valence electrons. The minimum Gasteiger partial charge on any atom is -0.379 e. The molecular weight excluding hydrogens is 428 g/mol. The molecule has 0 aromatic carbocycles. The van der Waals surface area contributed by atoms with E-state index in [1.165, 1.54) is 10.4 Å². The van der Waals surface area contributed by atoms with Crippen LogP contribution in [0.3, 0.4) is 0 Å². The topological polar surface area (TPSA) is 75.2 Å². The summed E-state index contributed by atoms with van der Waals surface area (Å²) >= 11 is 3.43. The summed E-state index contributed by atoms with van der Waals surface area (Å²) in [6.45, 7) is 5.61. The second-order valence-corrected chi connectivity index (χ2v) is 9.06. The van der Waals surface area contributed by atoms with Crippen molar-refractivity contribution in [1.29, 1.82) is 0 Å². The first-order valence-corrected chi connectivity index (χ1v) is 12.1. The first kappa shape index (κ1) is 20.3. The monoisotopic (exact) mass is 452 g/mol. The van der Waals surface area contributed by atoms with Crippen LogP contribution in [0.25, 0.3) is 20.7 Å². The van der Waals surface area contributed by atoms with Gasteiger partial charge in [0, 0.05) is 48.2 Å². The first-order valence-electron chi connectivity index (χ1n) is 10.4. The third kappa shape index (κ3) is 4.85. The fourth-order valence-corrected chi connectivity index (χ4v) is 5.38. The highest BCUT2D eigenvalue weighted by molar-refractivity contribution is 7.18. The van der Waals surface area contributed by atoms with Gasteiger partial charge in [-0.15, -0.1) is 22.7 Å². The minimum atomic E-state index is 0.736. The number of anilines is 2. The molecule has 1 fully saturated rings. The Morgan fingerprint density at radius 2 is 1.90 bits per heavy atom. The number of pyridine rings is 1. The lowest BCUT2D eigenvalue weighted by molar-refractivity contribution is 0.0331. The van der Waals surface area contributed by atoms with Crippen molar-refractivity contribution in [2.75, 3.05) is 50.0 Å². The highest BCUT2D eigenvalue weighted by atomic mass is 32.1. The standard InChI is InChI=1S/C22H24N6OS2/c1-2-6-23-18(5-1)24-7-8-25-21-20-16(17-4-3-13-30-17)15-31-22(20)27-19(26-21)14-28-9-11-29-12-10-28/h1-6,13,15H,7-12,14H2,(H,23,24)(H,25,26,27). The number of rotatable bonds is 8. The van der Waals surface area contributed by atoms with E-state index in [1.54, 1.807) is 28.9 Å². The molecule has 1 saturated heterocycles. The highest BCUT2D eigenvalue weighted by Crippen LogP contribution is 2.38. The lowest BCUT2D eigenvalue weighted by Crippen LogP contribution is -2.36. The van der Waals surface area contributed by atoms with Crippen molar-refractivity contribution in [3.05, 3.63) is 53.1 Å².